The van der Waals surface area contributed by atoms with E-state index in [1.807, 2.05) is 13.0 Å². The molecule has 0 amide bonds. The molecule has 0 spiro atoms. The average molecular weight is 236 g/mol. The molecule has 0 aliphatic heterocycles. The van der Waals surface area contributed by atoms with Crippen molar-refractivity contribution in [3.05, 3.63) is 39.5 Å². The van der Waals surface area contributed by atoms with Gasteiger partial charge in [-0.1, -0.05) is 0 Å². The molecule has 2 N–H and O–H groups in total. The maximum atomic E-state index is 13.1. The van der Waals surface area contributed by atoms with E-state index in [4.69, 9.17) is 5.73 Å². The molecular formula is C12H13FN2S. The van der Waals surface area contributed by atoms with Crippen LogP contribution in [0.25, 0.3) is 11.3 Å². The minimum Gasteiger partial charge on any atom is -0.325 e. The summed E-state index contributed by atoms with van der Waals surface area (Å²) in [6.07, 6.45) is 0. The van der Waals surface area contributed by atoms with Crippen LogP contribution in [0.4, 0.5) is 4.39 Å². The number of nitrogens with two attached hydrogens (primary N) is 1. The predicted octanol–water partition coefficient (Wildman–Crippen LogP) is 3.02. The van der Waals surface area contributed by atoms with Gasteiger partial charge in [0.25, 0.3) is 0 Å². The van der Waals surface area contributed by atoms with Crippen molar-refractivity contribution < 1.29 is 4.39 Å². The lowest BCUT2D eigenvalue weighted by atomic mass is 10.1. The van der Waals surface area contributed by atoms with E-state index < -0.39 is 0 Å². The van der Waals surface area contributed by atoms with Crippen molar-refractivity contribution in [3.8, 4) is 11.3 Å². The fourth-order valence-electron chi connectivity index (χ4n) is 1.60. The van der Waals surface area contributed by atoms with E-state index >= 15 is 0 Å². The zero-order chi connectivity index (χ0) is 11.7. The summed E-state index contributed by atoms with van der Waals surface area (Å²) in [6, 6.07) is 5.05. The Morgan fingerprint density at radius 1 is 1.38 bits per heavy atom. The third-order valence-electron chi connectivity index (χ3n) is 2.45. The van der Waals surface area contributed by atoms with Crippen molar-refractivity contribution >= 4 is 11.3 Å². The number of nitrogens with zero attached hydrogens (tertiary/aromatic N) is 1. The van der Waals surface area contributed by atoms with Gasteiger partial charge in [-0.15, -0.1) is 11.3 Å². The second-order valence-electron chi connectivity index (χ2n) is 3.68. The normalized spacial score (nSPS) is 10.8. The number of hydrogen-bond acceptors (Lipinski definition) is 3. The predicted molar refractivity (Wildman–Crippen MR) is 64.9 cm³/mol. The first-order chi connectivity index (χ1) is 7.61. The quantitative estimate of drug-likeness (QED) is 0.870. The van der Waals surface area contributed by atoms with Gasteiger partial charge in [0, 0.05) is 17.0 Å². The van der Waals surface area contributed by atoms with Gasteiger partial charge in [-0.05, 0) is 37.6 Å². The minimum atomic E-state index is -0.185. The molecule has 4 heteroatoms. The number of halogens is 1. The molecule has 0 saturated heterocycles. The smallest absolute Gasteiger partial charge is 0.126 e. The Morgan fingerprint density at radius 3 is 2.69 bits per heavy atom. The summed E-state index contributed by atoms with van der Waals surface area (Å²) < 4.78 is 13.1. The molecule has 0 fully saturated rings. The maximum absolute atomic E-state index is 13.1. The van der Waals surface area contributed by atoms with Crippen LogP contribution in [0.15, 0.2) is 18.2 Å². The minimum absolute atomic E-state index is 0.185. The maximum Gasteiger partial charge on any atom is 0.126 e. The van der Waals surface area contributed by atoms with E-state index in [0.717, 1.165) is 21.1 Å². The number of benzene rings is 1. The number of hydrogen-bond donors (Lipinski definition) is 1. The molecule has 0 unspecified atom stereocenters. The van der Waals surface area contributed by atoms with E-state index in [9.17, 15) is 4.39 Å². The Hall–Kier alpha value is -1.26. The average Bonchev–Trinajstić information content (AvgIpc) is 2.64. The standard InChI is InChI=1S/C12H13FN2S/c1-7-5-9(3-4-10(7)13)12-8(2)16-11(6-14)15-12/h3-5H,6,14H2,1-2H3. The highest BCUT2D eigenvalue weighted by atomic mass is 32.1. The summed E-state index contributed by atoms with van der Waals surface area (Å²) in [5.41, 5.74) is 8.05. The Bertz CT molecular complexity index is 520. The van der Waals surface area contributed by atoms with Crippen LogP contribution < -0.4 is 5.73 Å². The van der Waals surface area contributed by atoms with Gasteiger partial charge >= 0.3 is 0 Å². The molecule has 0 atom stereocenters. The van der Waals surface area contributed by atoms with E-state index in [2.05, 4.69) is 4.98 Å². The van der Waals surface area contributed by atoms with Gasteiger partial charge in [0.1, 0.15) is 10.8 Å². The molecule has 2 rings (SSSR count). The summed E-state index contributed by atoms with van der Waals surface area (Å²) in [5, 5.41) is 0.912. The van der Waals surface area contributed by atoms with Gasteiger partial charge in [0.05, 0.1) is 5.69 Å². The van der Waals surface area contributed by atoms with Gasteiger partial charge in [-0.3, -0.25) is 0 Å². The highest BCUT2D eigenvalue weighted by Crippen LogP contribution is 2.28. The molecule has 0 aliphatic carbocycles. The summed E-state index contributed by atoms with van der Waals surface area (Å²) >= 11 is 1.59. The summed E-state index contributed by atoms with van der Waals surface area (Å²) in [7, 11) is 0. The molecular weight excluding hydrogens is 223 g/mol. The van der Waals surface area contributed by atoms with Gasteiger partial charge in [0.15, 0.2) is 0 Å². The summed E-state index contributed by atoms with van der Waals surface area (Å²) in [4.78, 5) is 5.56. The fraction of sp³-hybridized carbons (Fsp3) is 0.250. The lowest BCUT2D eigenvalue weighted by Crippen LogP contribution is -1.94. The molecule has 0 aliphatic rings. The number of aryl methyl sites for hydroxylation is 2. The third-order valence-corrected chi connectivity index (χ3v) is 3.44. The zero-order valence-electron chi connectivity index (χ0n) is 9.25. The second kappa shape index (κ2) is 4.31. The zero-order valence-corrected chi connectivity index (χ0v) is 10.1. The van der Waals surface area contributed by atoms with Crippen molar-refractivity contribution in [1.29, 1.82) is 0 Å². The number of aromatic nitrogens is 1. The van der Waals surface area contributed by atoms with Gasteiger partial charge in [-0.2, -0.15) is 0 Å². The van der Waals surface area contributed by atoms with Crippen LogP contribution in [0.3, 0.4) is 0 Å². The molecule has 1 aromatic heterocycles. The van der Waals surface area contributed by atoms with Crippen molar-refractivity contribution in [3.63, 3.8) is 0 Å². The molecule has 2 aromatic rings. The summed E-state index contributed by atoms with van der Waals surface area (Å²) in [6.45, 7) is 4.21. The van der Waals surface area contributed by atoms with Gasteiger partial charge in [-0.25, -0.2) is 9.37 Å². The van der Waals surface area contributed by atoms with E-state index in [-0.39, 0.29) is 5.82 Å². The van der Waals surface area contributed by atoms with Crippen LogP contribution in [0, 0.1) is 19.7 Å². The van der Waals surface area contributed by atoms with Crippen molar-refractivity contribution in [1.82, 2.24) is 4.98 Å². The molecule has 0 bridgehead atoms. The third kappa shape index (κ3) is 1.99. The first-order valence-corrected chi connectivity index (χ1v) is 5.86. The largest absolute Gasteiger partial charge is 0.325 e. The monoisotopic (exact) mass is 236 g/mol. The Morgan fingerprint density at radius 2 is 2.12 bits per heavy atom. The first-order valence-electron chi connectivity index (χ1n) is 5.04. The molecule has 0 saturated carbocycles. The van der Waals surface area contributed by atoms with Crippen LogP contribution in [0.5, 0.6) is 0 Å². The first kappa shape index (κ1) is 11.2. The van der Waals surface area contributed by atoms with Gasteiger partial charge < -0.3 is 5.73 Å². The van der Waals surface area contributed by atoms with Gasteiger partial charge in [0.2, 0.25) is 0 Å². The van der Waals surface area contributed by atoms with Crippen LogP contribution in [-0.4, -0.2) is 4.98 Å². The second-order valence-corrected chi connectivity index (χ2v) is 4.97. The lowest BCUT2D eigenvalue weighted by molar-refractivity contribution is 0.619. The summed E-state index contributed by atoms with van der Waals surface area (Å²) in [5.74, 6) is -0.185. The Balaban J connectivity index is 2.49. The Kier molecular flexibility index (Phi) is 3.03. The number of rotatable bonds is 2. The highest BCUT2D eigenvalue weighted by molar-refractivity contribution is 7.12. The van der Waals surface area contributed by atoms with Crippen LogP contribution in [0.1, 0.15) is 15.4 Å². The lowest BCUT2D eigenvalue weighted by Gasteiger charge is -2.01. The topological polar surface area (TPSA) is 38.9 Å². The van der Waals surface area contributed by atoms with E-state index in [1.54, 1.807) is 24.3 Å². The SMILES string of the molecule is Cc1cc(-c2nc(CN)sc2C)ccc1F. The molecule has 1 heterocycles. The molecule has 84 valence electrons. The molecule has 1 aromatic carbocycles. The fourth-order valence-corrected chi connectivity index (χ4v) is 2.43. The number of thiazole rings is 1. The van der Waals surface area contributed by atoms with Crippen molar-refractivity contribution in [2.24, 2.45) is 5.73 Å². The van der Waals surface area contributed by atoms with Crippen molar-refractivity contribution in [2.45, 2.75) is 20.4 Å². The van der Waals surface area contributed by atoms with E-state index in [0.29, 0.717) is 12.1 Å². The van der Waals surface area contributed by atoms with Crippen LogP contribution in [0.2, 0.25) is 0 Å². The van der Waals surface area contributed by atoms with Crippen molar-refractivity contribution in [2.75, 3.05) is 0 Å². The highest BCUT2D eigenvalue weighted by Gasteiger charge is 2.10. The van der Waals surface area contributed by atoms with Crippen LogP contribution >= 0.6 is 11.3 Å². The van der Waals surface area contributed by atoms with E-state index in [1.165, 1.54) is 6.07 Å². The molecule has 2 nitrogen and oxygen atoms in total. The Labute approximate surface area is 97.9 Å². The molecule has 0 radical (unpaired) electrons. The van der Waals surface area contributed by atoms with Crippen LogP contribution in [-0.2, 0) is 6.54 Å². The molecule has 16 heavy (non-hydrogen) atoms.